The molecule has 0 saturated carbocycles. The normalized spacial score (nSPS) is 13.8. The highest BCUT2D eigenvalue weighted by Crippen LogP contribution is 2.38. The Labute approximate surface area is 518 Å². The largest absolute Gasteiger partial charge is 0.756 e. The van der Waals surface area contributed by atoms with Crippen LogP contribution in [0.2, 0.25) is 0 Å². The highest BCUT2D eigenvalue weighted by molar-refractivity contribution is 7.45. The first-order valence-corrected chi connectivity index (χ1v) is 36.1. The van der Waals surface area contributed by atoms with Gasteiger partial charge in [0.2, 0.25) is 0 Å². The Morgan fingerprint density at radius 2 is 0.679 bits per heavy atom. The molecule has 0 spiro atoms. The van der Waals surface area contributed by atoms with E-state index in [1.165, 1.54) is 173 Å². The summed E-state index contributed by atoms with van der Waals surface area (Å²) in [5, 5.41) is 0. The summed E-state index contributed by atoms with van der Waals surface area (Å²) in [6.45, 7) is 4.15. The fraction of sp³-hybridized carbons (Fsp3) is 0.730. The van der Waals surface area contributed by atoms with E-state index in [0.717, 1.165) is 89.9 Å². The molecule has 9 nitrogen and oxygen atoms in total. The number of nitrogens with zero attached hydrogens (tertiary/aromatic N) is 1. The molecule has 10 heteroatoms. The second-order valence-corrected chi connectivity index (χ2v) is 25.6. The Balaban J connectivity index is 4.07. The lowest BCUT2D eigenvalue weighted by atomic mass is 10.0. The number of esters is 2. The first-order chi connectivity index (χ1) is 41.0. The number of unbranched alkanes of at least 4 members (excludes halogenated alkanes) is 31. The average Bonchev–Trinajstić information content (AvgIpc) is 3.61. The first kappa shape index (κ1) is 80.7. The molecule has 0 aromatic rings. The molecule has 0 saturated heterocycles. The molecule has 0 aromatic carbocycles. The second kappa shape index (κ2) is 64.2. The number of phosphoric acid groups is 1. The Morgan fingerprint density at radius 1 is 0.381 bits per heavy atom. The van der Waals surface area contributed by atoms with Crippen molar-refractivity contribution in [1.29, 1.82) is 0 Å². The van der Waals surface area contributed by atoms with Gasteiger partial charge in [-0.3, -0.25) is 14.2 Å². The van der Waals surface area contributed by atoms with Gasteiger partial charge in [-0.25, -0.2) is 0 Å². The van der Waals surface area contributed by atoms with Crippen molar-refractivity contribution in [3.05, 3.63) is 109 Å². The minimum Gasteiger partial charge on any atom is -0.756 e. The zero-order valence-electron chi connectivity index (χ0n) is 55.1. The molecular weight excluding hydrogens is 1060 g/mol. The van der Waals surface area contributed by atoms with E-state index in [1.54, 1.807) is 0 Å². The lowest BCUT2D eigenvalue weighted by molar-refractivity contribution is -0.870. The lowest BCUT2D eigenvalue weighted by Gasteiger charge is -2.28. The van der Waals surface area contributed by atoms with Crippen molar-refractivity contribution >= 4 is 19.8 Å². The van der Waals surface area contributed by atoms with E-state index in [2.05, 4.69) is 123 Å². The summed E-state index contributed by atoms with van der Waals surface area (Å²) in [6.07, 6.45) is 90.2. The van der Waals surface area contributed by atoms with E-state index in [4.69, 9.17) is 18.5 Å². The lowest BCUT2D eigenvalue weighted by Crippen LogP contribution is -2.37. The number of likely N-dealkylation sites (N-methyl/N-ethyl adjacent to an activating group) is 1. The van der Waals surface area contributed by atoms with E-state index >= 15 is 0 Å². The van der Waals surface area contributed by atoms with Gasteiger partial charge < -0.3 is 27.9 Å². The van der Waals surface area contributed by atoms with E-state index in [0.29, 0.717) is 17.4 Å². The molecule has 2 unspecified atom stereocenters. The van der Waals surface area contributed by atoms with Gasteiger partial charge in [0.1, 0.15) is 19.8 Å². The summed E-state index contributed by atoms with van der Waals surface area (Å²) in [5.74, 6) is -0.832. The average molecular weight is 1190 g/mol. The van der Waals surface area contributed by atoms with Gasteiger partial charge in [-0.15, -0.1) is 0 Å². The molecular formula is C74H130NO8P. The van der Waals surface area contributed by atoms with Crippen LogP contribution in [-0.4, -0.2) is 70.0 Å². The third kappa shape index (κ3) is 67.8. The van der Waals surface area contributed by atoms with Gasteiger partial charge in [-0.2, -0.15) is 0 Å². The summed E-state index contributed by atoms with van der Waals surface area (Å²) in [6, 6.07) is 0. The van der Waals surface area contributed by atoms with Crippen molar-refractivity contribution in [2.75, 3.05) is 47.5 Å². The molecule has 484 valence electrons. The number of carbonyl (C=O) groups excluding carboxylic acids is 2. The summed E-state index contributed by atoms with van der Waals surface area (Å²) < 4.78 is 34.3. The molecule has 0 aliphatic rings. The SMILES string of the molecule is CC/C=C\C/C=C\C/C=C\C/C=C\C/C=C\C/C=C\C/C=C\C/C=C\CCCCCCCCCCCCCCC(=O)OC(COC(=O)CCCCCCCCCCCCC/C=C\CCCCCCCCCC)COP(=O)([O-])OCC[N+](C)(C)C. The van der Waals surface area contributed by atoms with Crippen LogP contribution in [-0.2, 0) is 32.7 Å². The van der Waals surface area contributed by atoms with Crippen LogP contribution in [0.15, 0.2) is 109 Å². The molecule has 0 N–H and O–H groups in total. The highest BCUT2D eigenvalue weighted by Gasteiger charge is 2.22. The van der Waals surface area contributed by atoms with Crippen molar-refractivity contribution in [2.45, 2.75) is 302 Å². The van der Waals surface area contributed by atoms with Crippen molar-refractivity contribution in [3.63, 3.8) is 0 Å². The van der Waals surface area contributed by atoms with Crippen LogP contribution in [0, 0.1) is 0 Å². The van der Waals surface area contributed by atoms with Gasteiger partial charge in [0.05, 0.1) is 27.7 Å². The molecule has 0 fully saturated rings. The van der Waals surface area contributed by atoms with Crippen LogP contribution < -0.4 is 4.89 Å². The van der Waals surface area contributed by atoms with Gasteiger partial charge >= 0.3 is 11.9 Å². The Morgan fingerprint density at radius 3 is 1.02 bits per heavy atom. The maximum Gasteiger partial charge on any atom is 0.306 e. The van der Waals surface area contributed by atoms with Crippen LogP contribution in [0.25, 0.3) is 0 Å². The zero-order valence-corrected chi connectivity index (χ0v) is 56.0. The van der Waals surface area contributed by atoms with E-state index in [9.17, 15) is 19.0 Å². The predicted octanol–water partition coefficient (Wildman–Crippen LogP) is 21.9. The third-order valence-electron chi connectivity index (χ3n) is 14.8. The molecule has 0 heterocycles. The van der Waals surface area contributed by atoms with E-state index < -0.39 is 26.5 Å². The van der Waals surface area contributed by atoms with Crippen molar-refractivity contribution in [3.8, 4) is 0 Å². The van der Waals surface area contributed by atoms with Gasteiger partial charge in [-0.1, -0.05) is 290 Å². The van der Waals surface area contributed by atoms with Crippen molar-refractivity contribution < 1.29 is 42.1 Å². The predicted molar refractivity (Wildman–Crippen MR) is 360 cm³/mol. The quantitative estimate of drug-likeness (QED) is 0.0195. The van der Waals surface area contributed by atoms with E-state index in [-0.39, 0.29) is 32.0 Å². The number of quaternary nitrogens is 1. The summed E-state index contributed by atoms with van der Waals surface area (Å²) in [5.41, 5.74) is 0. The van der Waals surface area contributed by atoms with Gasteiger partial charge in [0, 0.05) is 12.8 Å². The fourth-order valence-corrected chi connectivity index (χ4v) is 10.2. The van der Waals surface area contributed by atoms with E-state index in [1.807, 2.05) is 21.1 Å². The van der Waals surface area contributed by atoms with Crippen LogP contribution in [0.5, 0.6) is 0 Å². The maximum absolute atomic E-state index is 12.9. The highest BCUT2D eigenvalue weighted by atomic mass is 31.2. The zero-order chi connectivity index (χ0) is 61.2. The molecule has 84 heavy (non-hydrogen) atoms. The van der Waals surface area contributed by atoms with Gasteiger partial charge in [-0.05, 0) is 103 Å². The molecule has 2 atom stereocenters. The molecule has 0 radical (unpaired) electrons. The molecule has 0 aliphatic heterocycles. The molecule has 0 amide bonds. The Hall–Kier alpha value is -3.33. The summed E-state index contributed by atoms with van der Waals surface area (Å²) in [7, 11) is 1.16. The van der Waals surface area contributed by atoms with Gasteiger partial charge in [0.25, 0.3) is 7.82 Å². The molecule has 0 aromatic heterocycles. The summed E-state index contributed by atoms with van der Waals surface area (Å²) >= 11 is 0. The molecule has 0 rings (SSSR count). The monoisotopic (exact) mass is 1190 g/mol. The maximum atomic E-state index is 12.9. The third-order valence-corrected chi connectivity index (χ3v) is 15.7. The van der Waals surface area contributed by atoms with Crippen LogP contribution in [0.1, 0.15) is 296 Å². The van der Waals surface area contributed by atoms with Gasteiger partial charge in [0.15, 0.2) is 6.10 Å². The Bertz CT molecular complexity index is 1790. The minimum atomic E-state index is -4.65. The van der Waals surface area contributed by atoms with Crippen molar-refractivity contribution in [1.82, 2.24) is 0 Å². The fourth-order valence-electron chi connectivity index (χ4n) is 9.49. The number of hydrogen-bond donors (Lipinski definition) is 0. The standard InChI is InChI=1S/C74H130NO8P/c1-6-8-10-12-14-16-18-20-22-24-26-28-30-31-32-33-34-35-36-37-38-39-40-41-42-43-45-47-49-51-53-55-57-59-61-63-65-67-74(77)83-72(71-82-84(78,79)81-69-68-75(3,4)5)70-80-73(76)66-64-62-60-58-56-54-52-50-48-46-44-29-27-25-23-21-19-17-15-13-11-9-7-2/h8,10,14,16,20,22,25-28,31-32,34-35,37-38,40-41,72H,6-7,9,11-13,15,17-19,21,23-24,29-30,33,36,39,42-71H2,1-5H3/b10-8-,16-14-,22-20-,27-25-,28-26-,32-31-,35-34-,38-37-,41-40-. The van der Waals surface area contributed by atoms with Crippen LogP contribution >= 0.6 is 7.82 Å². The first-order valence-electron chi connectivity index (χ1n) is 34.6. The van der Waals surface area contributed by atoms with Crippen LogP contribution in [0.3, 0.4) is 0 Å². The minimum absolute atomic E-state index is 0.0345. The summed E-state index contributed by atoms with van der Waals surface area (Å²) in [4.78, 5) is 38.0. The molecule has 0 aliphatic carbocycles. The number of rotatable bonds is 63. The van der Waals surface area contributed by atoms with Crippen molar-refractivity contribution in [2.24, 2.45) is 0 Å². The number of ether oxygens (including phenoxy) is 2. The van der Waals surface area contributed by atoms with Crippen LogP contribution in [0.4, 0.5) is 0 Å². The topological polar surface area (TPSA) is 111 Å². The Kier molecular flexibility index (Phi) is 61.6. The number of hydrogen-bond acceptors (Lipinski definition) is 8. The second-order valence-electron chi connectivity index (χ2n) is 24.2. The smallest absolute Gasteiger partial charge is 0.306 e. The molecule has 0 bridgehead atoms. The number of phosphoric ester groups is 1. The number of allylic oxidation sites excluding steroid dienone is 18. The number of carbonyl (C=O) groups is 2.